The van der Waals surface area contributed by atoms with E-state index in [1.54, 1.807) is 12.1 Å². The molecule has 0 radical (unpaired) electrons. The van der Waals surface area contributed by atoms with Gasteiger partial charge in [-0.2, -0.15) is 5.26 Å². The van der Waals surface area contributed by atoms with E-state index in [4.69, 9.17) is 21.6 Å². The number of pyridine rings is 1. The van der Waals surface area contributed by atoms with Gasteiger partial charge in [0.15, 0.2) is 0 Å². The minimum atomic E-state index is -0.612. The smallest absolute Gasteiger partial charge is 0.311 e. The van der Waals surface area contributed by atoms with Crippen LogP contribution in [0.4, 0.5) is 5.69 Å². The summed E-state index contributed by atoms with van der Waals surface area (Å²) in [6.45, 7) is -0.0617. The van der Waals surface area contributed by atoms with Crippen molar-refractivity contribution in [1.82, 2.24) is 4.98 Å². The fraction of sp³-hybridized carbons (Fsp3) is 0.0769. The molecular formula is C13H6ClN3O4. The number of benzene rings is 1. The van der Waals surface area contributed by atoms with Gasteiger partial charge in [-0.25, -0.2) is 0 Å². The van der Waals surface area contributed by atoms with E-state index in [9.17, 15) is 14.9 Å². The lowest BCUT2D eigenvalue weighted by molar-refractivity contribution is -0.385. The number of nitro benzene ring substituents is 1. The minimum absolute atomic E-state index is 0.0266. The number of aromatic amines is 1. The van der Waals surface area contributed by atoms with E-state index in [1.165, 1.54) is 12.1 Å². The Hall–Kier alpha value is -2.85. The van der Waals surface area contributed by atoms with Crippen LogP contribution in [-0.4, -0.2) is 9.91 Å². The van der Waals surface area contributed by atoms with Crippen LogP contribution in [0, 0.1) is 21.4 Å². The van der Waals surface area contributed by atoms with Crippen LogP contribution in [0.3, 0.4) is 0 Å². The number of nitriles is 1. The number of nitrogens with zero attached hydrogens (tertiary/aromatic N) is 2. The average Bonchev–Trinajstić information content (AvgIpc) is 2.46. The van der Waals surface area contributed by atoms with E-state index < -0.39 is 10.5 Å². The van der Waals surface area contributed by atoms with Crippen LogP contribution >= 0.6 is 11.6 Å². The van der Waals surface area contributed by atoms with Crippen LogP contribution in [0.2, 0.25) is 5.02 Å². The van der Waals surface area contributed by atoms with Crippen LogP contribution in [0.5, 0.6) is 5.75 Å². The maximum Gasteiger partial charge on any atom is 0.311 e. The summed E-state index contributed by atoms with van der Waals surface area (Å²) in [4.78, 5) is 24.7. The molecule has 1 N–H and O–H groups in total. The van der Waals surface area contributed by atoms with Crippen molar-refractivity contribution in [3.63, 3.8) is 0 Å². The van der Waals surface area contributed by atoms with Gasteiger partial charge in [-0.15, -0.1) is 0 Å². The third kappa shape index (κ3) is 1.85. The van der Waals surface area contributed by atoms with Gasteiger partial charge in [-0.1, -0.05) is 23.7 Å². The zero-order chi connectivity index (χ0) is 15.1. The minimum Gasteiger partial charge on any atom is -0.480 e. The Bertz CT molecular complexity index is 882. The van der Waals surface area contributed by atoms with E-state index in [0.717, 1.165) is 0 Å². The summed E-state index contributed by atoms with van der Waals surface area (Å²) in [5, 5.41) is 20.0. The second-order valence-electron chi connectivity index (χ2n) is 4.31. The topological polar surface area (TPSA) is 109 Å². The molecule has 0 fully saturated rings. The van der Waals surface area contributed by atoms with Crippen molar-refractivity contribution in [3.05, 3.63) is 54.9 Å². The SMILES string of the molecule is N#Cc1c(Cl)c2c([nH]c1=O)COc1c-2cccc1[N+](=O)[O-]. The fourth-order valence-electron chi connectivity index (χ4n) is 2.27. The number of fused-ring (bicyclic) bond motifs is 3. The van der Waals surface area contributed by atoms with Gasteiger partial charge in [0.1, 0.15) is 18.2 Å². The molecular weight excluding hydrogens is 298 g/mol. The highest BCUT2D eigenvalue weighted by Crippen LogP contribution is 2.45. The molecule has 1 aliphatic heterocycles. The second-order valence-corrected chi connectivity index (χ2v) is 4.69. The van der Waals surface area contributed by atoms with Gasteiger partial charge in [0, 0.05) is 17.2 Å². The molecule has 1 aromatic heterocycles. The largest absolute Gasteiger partial charge is 0.480 e. The highest BCUT2D eigenvalue weighted by Gasteiger charge is 2.29. The highest BCUT2D eigenvalue weighted by molar-refractivity contribution is 6.34. The summed E-state index contributed by atoms with van der Waals surface area (Å²) in [6, 6.07) is 6.12. The number of halogens is 1. The number of ether oxygens (including phenoxy) is 1. The van der Waals surface area contributed by atoms with Crippen molar-refractivity contribution in [2.75, 3.05) is 0 Å². The van der Waals surface area contributed by atoms with E-state index >= 15 is 0 Å². The molecule has 1 aromatic carbocycles. The molecule has 2 aromatic rings. The molecule has 21 heavy (non-hydrogen) atoms. The Morgan fingerprint density at radius 2 is 2.24 bits per heavy atom. The van der Waals surface area contributed by atoms with Crippen molar-refractivity contribution < 1.29 is 9.66 Å². The van der Waals surface area contributed by atoms with Crippen molar-refractivity contribution in [3.8, 4) is 22.9 Å². The molecule has 0 spiro atoms. The van der Waals surface area contributed by atoms with Crippen molar-refractivity contribution >= 4 is 17.3 Å². The summed E-state index contributed by atoms with van der Waals surface area (Å²) < 4.78 is 5.37. The van der Waals surface area contributed by atoms with E-state index in [1.807, 2.05) is 0 Å². The summed E-state index contributed by atoms with van der Waals surface area (Å²) in [6.07, 6.45) is 0. The molecule has 0 amide bonds. The summed E-state index contributed by atoms with van der Waals surface area (Å²) >= 11 is 6.12. The number of nitro groups is 1. The zero-order valence-corrected chi connectivity index (χ0v) is 11.1. The average molecular weight is 304 g/mol. The highest BCUT2D eigenvalue weighted by atomic mass is 35.5. The lowest BCUT2D eigenvalue weighted by atomic mass is 9.98. The van der Waals surface area contributed by atoms with Gasteiger partial charge in [0.05, 0.1) is 15.6 Å². The molecule has 2 heterocycles. The molecule has 0 saturated heterocycles. The van der Waals surface area contributed by atoms with Gasteiger partial charge in [0.25, 0.3) is 5.56 Å². The third-order valence-corrected chi connectivity index (χ3v) is 3.54. The predicted octanol–water partition coefficient (Wildman–Crippen LogP) is 2.37. The summed E-state index contributed by atoms with van der Waals surface area (Å²) in [7, 11) is 0. The lowest BCUT2D eigenvalue weighted by Gasteiger charge is -2.21. The first kappa shape index (κ1) is 13.1. The maximum atomic E-state index is 11.7. The maximum absolute atomic E-state index is 11.7. The van der Waals surface area contributed by atoms with E-state index in [2.05, 4.69) is 4.98 Å². The van der Waals surface area contributed by atoms with Crippen molar-refractivity contribution in [2.24, 2.45) is 0 Å². The Morgan fingerprint density at radius 1 is 1.48 bits per heavy atom. The Kier molecular flexibility index (Phi) is 2.89. The van der Waals surface area contributed by atoms with E-state index in [0.29, 0.717) is 16.8 Å². The zero-order valence-electron chi connectivity index (χ0n) is 10.3. The van der Waals surface area contributed by atoms with Crippen LogP contribution < -0.4 is 10.3 Å². The van der Waals surface area contributed by atoms with Gasteiger partial charge < -0.3 is 9.72 Å². The molecule has 0 saturated carbocycles. The molecule has 0 aliphatic carbocycles. The monoisotopic (exact) mass is 303 g/mol. The first-order chi connectivity index (χ1) is 10.0. The van der Waals surface area contributed by atoms with Crippen LogP contribution in [0.1, 0.15) is 11.3 Å². The fourth-order valence-corrected chi connectivity index (χ4v) is 2.61. The number of para-hydroxylation sites is 1. The molecule has 104 valence electrons. The lowest BCUT2D eigenvalue weighted by Crippen LogP contribution is -2.19. The summed E-state index contributed by atoms with van der Waals surface area (Å²) in [5.74, 6) is 0.0767. The molecule has 0 unspecified atom stereocenters. The van der Waals surface area contributed by atoms with Gasteiger partial charge >= 0.3 is 5.69 Å². The predicted molar refractivity (Wildman–Crippen MR) is 73.2 cm³/mol. The number of hydrogen-bond acceptors (Lipinski definition) is 5. The Morgan fingerprint density at radius 3 is 2.90 bits per heavy atom. The second kappa shape index (κ2) is 4.61. The Balaban J connectivity index is 2.39. The van der Waals surface area contributed by atoms with Crippen LogP contribution in [-0.2, 0) is 6.61 Å². The van der Waals surface area contributed by atoms with Crippen LogP contribution in [0.25, 0.3) is 11.1 Å². The third-order valence-electron chi connectivity index (χ3n) is 3.17. The molecule has 0 bridgehead atoms. The molecule has 3 rings (SSSR count). The number of rotatable bonds is 1. The number of H-pyrrole nitrogens is 1. The standard InChI is InChI=1S/C13H6ClN3O4/c14-11-7(4-15)13(18)16-8-5-21-12-6(10(8)11)2-1-3-9(12)17(19)20/h1-3H,5H2,(H,16,18). The summed E-state index contributed by atoms with van der Waals surface area (Å²) in [5.41, 5.74) is 0.116. The molecule has 1 aliphatic rings. The number of nitrogens with one attached hydrogen (secondary N) is 1. The Labute approximate surface area is 122 Å². The van der Waals surface area contributed by atoms with Crippen LogP contribution in [0.15, 0.2) is 23.0 Å². The normalized spacial score (nSPS) is 11.8. The van der Waals surface area contributed by atoms with Gasteiger partial charge in [-0.05, 0) is 0 Å². The van der Waals surface area contributed by atoms with Gasteiger partial charge in [-0.3, -0.25) is 14.9 Å². The molecule has 8 heteroatoms. The first-order valence-corrected chi connectivity index (χ1v) is 6.17. The first-order valence-electron chi connectivity index (χ1n) is 5.80. The number of hydrogen-bond donors (Lipinski definition) is 1. The quantitative estimate of drug-likeness (QED) is 0.642. The number of aromatic nitrogens is 1. The van der Waals surface area contributed by atoms with Gasteiger partial charge in [0.2, 0.25) is 5.75 Å². The molecule has 7 nitrogen and oxygen atoms in total. The van der Waals surface area contributed by atoms with Crippen molar-refractivity contribution in [1.29, 1.82) is 5.26 Å². The molecule has 0 atom stereocenters. The van der Waals surface area contributed by atoms with Crippen molar-refractivity contribution in [2.45, 2.75) is 6.61 Å². The van der Waals surface area contributed by atoms with E-state index in [-0.39, 0.29) is 28.6 Å².